The Bertz CT molecular complexity index is 952. The van der Waals surface area contributed by atoms with E-state index in [1.54, 1.807) is 0 Å². The lowest BCUT2D eigenvalue weighted by molar-refractivity contribution is -0.138. The van der Waals surface area contributed by atoms with Gasteiger partial charge in [0.2, 0.25) is 11.8 Å². The molecule has 1 aliphatic rings. The number of nitrogens with zero attached hydrogens (tertiary/aromatic N) is 3. The molecule has 4 rings (SSSR count). The van der Waals surface area contributed by atoms with E-state index in [9.17, 15) is 9.59 Å². The Hall–Kier alpha value is -3.09. The fourth-order valence-corrected chi connectivity index (χ4v) is 3.54. The van der Waals surface area contributed by atoms with Gasteiger partial charge in [-0.15, -0.1) is 0 Å². The zero-order valence-electron chi connectivity index (χ0n) is 15.4. The average Bonchev–Trinajstić information content (AvgIpc) is 3.30. The summed E-state index contributed by atoms with van der Waals surface area (Å²) in [7, 11) is 0. The minimum Gasteiger partial charge on any atom is -0.367 e. The number of hydrogen-bond donors (Lipinski definition) is 2. The summed E-state index contributed by atoms with van der Waals surface area (Å²) in [4.78, 5) is 39.2. The van der Waals surface area contributed by atoms with Gasteiger partial charge >= 0.3 is 0 Å². The number of rotatable bonds is 4. The van der Waals surface area contributed by atoms with Crippen molar-refractivity contribution in [3.05, 3.63) is 53.6 Å². The van der Waals surface area contributed by atoms with Gasteiger partial charge in [-0.3, -0.25) is 9.59 Å². The first kappa shape index (κ1) is 17.3. The molecule has 0 bridgehead atoms. The Kier molecular flexibility index (Phi) is 4.66. The van der Waals surface area contributed by atoms with Crippen molar-refractivity contribution in [2.45, 2.75) is 19.8 Å². The van der Waals surface area contributed by atoms with Crippen molar-refractivity contribution in [3.8, 4) is 0 Å². The molecule has 3 heterocycles. The molecule has 3 aromatic rings. The molecule has 1 fully saturated rings. The number of carbonyl (C=O) groups excluding carboxylic acids is 2. The highest BCUT2D eigenvalue weighted by molar-refractivity contribution is 5.82. The summed E-state index contributed by atoms with van der Waals surface area (Å²) in [5.41, 5.74) is 3.83. The largest absolute Gasteiger partial charge is 0.367 e. The summed E-state index contributed by atoms with van der Waals surface area (Å²) < 4.78 is 0. The molecule has 0 radical (unpaired) electrons. The molecule has 0 unspecified atom stereocenters. The molecule has 140 valence electrons. The van der Waals surface area contributed by atoms with Crippen molar-refractivity contribution < 1.29 is 9.59 Å². The van der Waals surface area contributed by atoms with E-state index in [-0.39, 0.29) is 11.8 Å². The first-order chi connectivity index (χ1) is 13.1. The zero-order valence-corrected chi connectivity index (χ0v) is 15.4. The summed E-state index contributed by atoms with van der Waals surface area (Å²) >= 11 is 0. The second kappa shape index (κ2) is 7.26. The standard InChI is InChI=1S/C20H23N5O2/c1-14-22-17-3-2-15(10-18(17)23-14)11-19(26)24-6-8-25(9-7-24)20(27)12-16-4-5-21-13-16/h2-5,10,13,21H,6-9,11-12H2,1H3,(H,22,23). The van der Waals surface area contributed by atoms with Crippen LogP contribution in [0.2, 0.25) is 0 Å². The Morgan fingerprint density at radius 1 is 1.00 bits per heavy atom. The number of aryl methyl sites for hydroxylation is 1. The van der Waals surface area contributed by atoms with E-state index in [0.717, 1.165) is 28.0 Å². The summed E-state index contributed by atoms with van der Waals surface area (Å²) in [5.74, 6) is 1.08. The third-order valence-electron chi connectivity index (χ3n) is 5.02. The molecule has 2 N–H and O–H groups in total. The van der Waals surface area contributed by atoms with Crippen LogP contribution in [0.15, 0.2) is 36.7 Å². The maximum Gasteiger partial charge on any atom is 0.227 e. The Morgan fingerprint density at radius 2 is 1.67 bits per heavy atom. The van der Waals surface area contributed by atoms with Crippen molar-refractivity contribution in [2.75, 3.05) is 26.2 Å². The summed E-state index contributed by atoms with van der Waals surface area (Å²) in [6.07, 6.45) is 4.43. The van der Waals surface area contributed by atoms with E-state index in [2.05, 4.69) is 15.0 Å². The lowest BCUT2D eigenvalue weighted by atomic mass is 10.1. The Labute approximate surface area is 157 Å². The summed E-state index contributed by atoms with van der Waals surface area (Å²) in [6.45, 7) is 4.27. The van der Waals surface area contributed by atoms with E-state index in [0.29, 0.717) is 39.0 Å². The third kappa shape index (κ3) is 3.86. The second-order valence-corrected chi connectivity index (χ2v) is 7.01. The number of piperazine rings is 1. The number of hydrogen-bond acceptors (Lipinski definition) is 3. The van der Waals surface area contributed by atoms with E-state index >= 15 is 0 Å². The van der Waals surface area contributed by atoms with Crippen LogP contribution < -0.4 is 0 Å². The number of benzene rings is 1. The number of aromatic amines is 2. The fraction of sp³-hybridized carbons (Fsp3) is 0.350. The Morgan fingerprint density at radius 3 is 2.30 bits per heavy atom. The number of carbonyl (C=O) groups is 2. The van der Waals surface area contributed by atoms with Crippen LogP contribution in [0.1, 0.15) is 17.0 Å². The van der Waals surface area contributed by atoms with Crippen molar-refractivity contribution in [2.24, 2.45) is 0 Å². The van der Waals surface area contributed by atoms with Crippen molar-refractivity contribution in [1.82, 2.24) is 24.8 Å². The molecule has 7 nitrogen and oxygen atoms in total. The maximum absolute atomic E-state index is 12.6. The van der Waals surface area contributed by atoms with Gasteiger partial charge in [-0.1, -0.05) is 6.07 Å². The normalized spacial score (nSPS) is 14.7. The second-order valence-electron chi connectivity index (χ2n) is 7.01. The zero-order chi connectivity index (χ0) is 18.8. The molecule has 0 atom stereocenters. The number of H-pyrrole nitrogens is 2. The van der Waals surface area contributed by atoms with Gasteiger partial charge in [0.15, 0.2) is 0 Å². The molecule has 7 heteroatoms. The van der Waals surface area contributed by atoms with Gasteiger partial charge in [-0.25, -0.2) is 4.98 Å². The molecule has 0 spiro atoms. The monoisotopic (exact) mass is 365 g/mol. The molecule has 0 saturated carbocycles. The van der Waals surface area contributed by atoms with Crippen LogP contribution in [0.4, 0.5) is 0 Å². The molecule has 2 aromatic heterocycles. The van der Waals surface area contributed by atoms with Gasteiger partial charge in [0.25, 0.3) is 0 Å². The lowest BCUT2D eigenvalue weighted by Gasteiger charge is -2.35. The van der Waals surface area contributed by atoms with Crippen LogP contribution in [-0.2, 0) is 22.4 Å². The van der Waals surface area contributed by atoms with Gasteiger partial charge in [0, 0.05) is 38.6 Å². The minimum absolute atomic E-state index is 0.100. The van der Waals surface area contributed by atoms with Crippen LogP contribution in [0.3, 0.4) is 0 Å². The van der Waals surface area contributed by atoms with Gasteiger partial charge in [-0.2, -0.15) is 0 Å². The third-order valence-corrected chi connectivity index (χ3v) is 5.02. The minimum atomic E-state index is 0.100. The van der Waals surface area contributed by atoms with Crippen LogP contribution in [0.5, 0.6) is 0 Å². The molecule has 1 aromatic carbocycles. The number of imidazole rings is 1. The lowest BCUT2D eigenvalue weighted by Crippen LogP contribution is -2.51. The van der Waals surface area contributed by atoms with Crippen molar-refractivity contribution in [3.63, 3.8) is 0 Å². The van der Waals surface area contributed by atoms with Gasteiger partial charge in [-0.05, 0) is 36.2 Å². The molecule has 1 aliphatic heterocycles. The quantitative estimate of drug-likeness (QED) is 0.737. The number of fused-ring (bicyclic) bond motifs is 1. The molecule has 1 saturated heterocycles. The number of aromatic nitrogens is 3. The smallest absolute Gasteiger partial charge is 0.227 e. The maximum atomic E-state index is 12.6. The highest BCUT2D eigenvalue weighted by atomic mass is 16.2. The van der Waals surface area contributed by atoms with Crippen LogP contribution in [0, 0.1) is 6.92 Å². The van der Waals surface area contributed by atoms with E-state index in [1.165, 1.54) is 0 Å². The summed E-state index contributed by atoms with van der Waals surface area (Å²) in [6, 6.07) is 7.80. The summed E-state index contributed by atoms with van der Waals surface area (Å²) in [5, 5.41) is 0. The highest BCUT2D eigenvalue weighted by Gasteiger charge is 2.24. The Balaban J connectivity index is 1.31. The topological polar surface area (TPSA) is 85.1 Å². The van der Waals surface area contributed by atoms with Crippen LogP contribution in [0.25, 0.3) is 11.0 Å². The predicted octanol–water partition coefficient (Wildman–Crippen LogP) is 1.66. The van der Waals surface area contributed by atoms with Gasteiger partial charge in [0.1, 0.15) is 5.82 Å². The van der Waals surface area contributed by atoms with Crippen LogP contribution in [-0.4, -0.2) is 62.7 Å². The molecular formula is C20H23N5O2. The van der Waals surface area contributed by atoms with Gasteiger partial charge in [0.05, 0.1) is 23.9 Å². The average molecular weight is 365 g/mol. The molecular weight excluding hydrogens is 342 g/mol. The molecule has 2 amide bonds. The van der Waals surface area contributed by atoms with Crippen LogP contribution >= 0.6 is 0 Å². The molecule has 27 heavy (non-hydrogen) atoms. The van der Waals surface area contributed by atoms with E-state index < -0.39 is 0 Å². The SMILES string of the molecule is Cc1nc2ccc(CC(=O)N3CCN(C(=O)Cc4cc[nH]c4)CC3)cc2[nH]1. The number of amides is 2. The van der Waals surface area contributed by atoms with Crippen molar-refractivity contribution >= 4 is 22.8 Å². The first-order valence-corrected chi connectivity index (χ1v) is 9.21. The highest BCUT2D eigenvalue weighted by Crippen LogP contribution is 2.15. The molecule has 0 aliphatic carbocycles. The van der Waals surface area contributed by atoms with E-state index in [4.69, 9.17) is 0 Å². The fourth-order valence-electron chi connectivity index (χ4n) is 3.54. The first-order valence-electron chi connectivity index (χ1n) is 9.21. The predicted molar refractivity (Wildman–Crippen MR) is 102 cm³/mol. The van der Waals surface area contributed by atoms with Crippen molar-refractivity contribution in [1.29, 1.82) is 0 Å². The number of nitrogens with one attached hydrogen (secondary N) is 2. The van der Waals surface area contributed by atoms with E-state index in [1.807, 2.05) is 53.4 Å². The van der Waals surface area contributed by atoms with Gasteiger partial charge < -0.3 is 19.8 Å².